The van der Waals surface area contributed by atoms with Gasteiger partial charge in [-0.3, -0.25) is 9.69 Å². The van der Waals surface area contributed by atoms with Crippen molar-refractivity contribution in [2.75, 3.05) is 26.2 Å². The van der Waals surface area contributed by atoms with Crippen LogP contribution >= 0.6 is 0 Å². The molecule has 1 aliphatic heterocycles. The molecule has 1 fully saturated rings. The number of carbonyl (C=O) groups excluding carboxylic acids is 1. The van der Waals surface area contributed by atoms with E-state index in [-0.39, 0.29) is 16.9 Å². The van der Waals surface area contributed by atoms with Gasteiger partial charge in [-0.15, -0.1) is 0 Å². The molecule has 0 N–H and O–H groups in total. The molecule has 0 radical (unpaired) electrons. The Kier molecular flexibility index (Phi) is 6.14. The molecule has 1 saturated heterocycles. The van der Waals surface area contributed by atoms with Crippen molar-refractivity contribution in [1.29, 1.82) is 0 Å². The van der Waals surface area contributed by atoms with Crippen molar-refractivity contribution in [2.45, 2.75) is 39.2 Å². The van der Waals surface area contributed by atoms with Crippen molar-refractivity contribution >= 4 is 5.91 Å². The average molecular weight is 386 g/mol. The Hall–Kier alpha value is -2.27. The van der Waals surface area contributed by atoms with Gasteiger partial charge in [-0.1, -0.05) is 45.0 Å². The van der Waals surface area contributed by atoms with Gasteiger partial charge < -0.3 is 4.90 Å². The third-order valence-corrected chi connectivity index (χ3v) is 5.21. The Labute approximate surface area is 166 Å². The van der Waals surface area contributed by atoms with Gasteiger partial charge in [-0.2, -0.15) is 0 Å². The summed E-state index contributed by atoms with van der Waals surface area (Å²) < 4.78 is 26.8. The zero-order valence-corrected chi connectivity index (χ0v) is 16.8. The maximum Gasteiger partial charge on any atom is 0.254 e. The summed E-state index contributed by atoms with van der Waals surface area (Å²) in [6.45, 7) is 10.2. The van der Waals surface area contributed by atoms with Gasteiger partial charge in [0.2, 0.25) is 0 Å². The molecule has 0 atom stereocenters. The van der Waals surface area contributed by atoms with E-state index in [0.29, 0.717) is 13.1 Å². The van der Waals surface area contributed by atoms with Crippen molar-refractivity contribution in [3.05, 3.63) is 70.8 Å². The molecule has 0 saturated carbocycles. The van der Waals surface area contributed by atoms with E-state index >= 15 is 0 Å². The molecule has 1 heterocycles. The van der Waals surface area contributed by atoms with Crippen LogP contribution < -0.4 is 0 Å². The van der Waals surface area contributed by atoms with Crippen molar-refractivity contribution in [3.8, 4) is 0 Å². The lowest BCUT2D eigenvalue weighted by Crippen LogP contribution is -2.35. The van der Waals surface area contributed by atoms with E-state index in [4.69, 9.17) is 0 Å². The Balaban J connectivity index is 1.61. The summed E-state index contributed by atoms with van der Waals surface area (Å²) in [5, 5.41) is 0. The van der Waals surface area contributed by atoms with Crippen molar-refractivity contribution in [3.63, 3.8) is 0 Å². The fraction of sp³-hybridized carbons (Fsp3) is 0.435. The van der Waals surface area contributed by atoms with Gasteiger partial charge >= 0.3 is 0 Å². The first kappa shape index (κ1) is 20.5. The number of rotatable bonds is 3. The van der Waals surface area contributed by atoms with E-state index in [0.717, 1.165) is 44.3 Å². The van der Waals surface area contributed by atoms with Crippen LogP contribution in [0.4, 0.5) is 8.78 Å². The standard InChI is InChI=1S/C23H28F2N2O/c1-23(2,3)19-7-5-17(6-8-19)16-26-9-4-10-27(12-11-26)22(28)18-13-20(24)15-21(25)14-18/h5-8,13-15H,4,9-12,16H2,1-3H3. The van der Waals surface area contributed by atoms with E-state index in [1.165, 1.54) is 11.1 Å². The number of amides is 1. The Morgan fingerprint density at radius 1 is 0.929 bits per heavy atom. The maximum atomic E-state index is 13.4. The quantitative estimate of drug-likeness (QED) is 0.769. The first-order valence-corrected chi connectivity index (χ1v) is 9.79. The monoisotopic (exact) mass is 386 g/mol. The minimum absolute atomic E-state index is 0.0729. The summed E-state index contributed by atoms with van der Waals surface area (Å²) >= 11 is 0. The van der Waals surface area contributed by atoms with Gasteiger partial charge in [0.05, 0.1) is 0 Å². The van der Waals surface area contributed by atoms with Crippen LogP contribution in [0.1, 0.15) is 48.7 Å². The molecule has 150 valence electrons. The number of hydrogen-bond donors (Lipinski definition) is 0. The predicted octanol–water partition coefficient (Wildman–Crippen LogP) is 4.61. The fourth-order valence-electron chi connectivity index (χ4n) is 3.56. The van der Waals surface area contributed by atoms with E-state index in [1.54, 1.807) is 4.90 Å². The zero-order valence-electron chi connectivity index (χ0n) is 16.8. The van der Waals surface area contributed by atoms with E-state index in [9.17, 15) is 13.6 Å². The van der Waals surface area contributed by atoms with Gasteiger partial charge in [0.15, 0.2) is 0 Å². The molecule has 0 aromatic heterocycles. The molecule has 3 nitrogen and oxygen atoms in total. The number of benzene rings is 2. The second-order valence-corrected chi connectivity index (χ2v) is 8.53. The summed E-state index contributed by atoms with van der Waals surface area (Å²) in [6.07, 6.45) is 0.837. The second-order valence-electron chi connectivity index (χ2n) is 8.53. The highest BCUT2D eigenvalue weighted by molar-refractivity contribution is 5.94. The topological polar surface area (TPSA) is 23.6 Å². The van der Waals surface area contributed by atoms with Gasteiger partial charge in [0, 0.05) is 44.4 Å². The molecule has 1 amide bonds. The summed E-state index contributed by atoms with van der Waals surface area (Å²) in [5.74, 6) is -1.76. The molecule has 0 aliphatic carbocycles. The summed E-state index contributed by atoms with van der Waals surface area (Å²) in [5.41, 5.74) is 2.77. The highest BCUT2D eigenvalue weighted by Crippen LogP contribution is 2.23. The molecule has 0 unspecified atom stereocenters. The summed E-state index contributed by atoms with van der Waals surface area (Å²) in [6, 6.07) is 11.7. The number of hydrogen-bond acceptors (Lipinski definition) is 2. The fourth-order valence-corrected chi connectivity index (χ4v) is 3.56. The lowest BCUT2D eigenvalue weighted by Gasteiger charge is -2.23. The summed E-state index contributed by atoms with van der Waals surface area (Å²) in [4.78, 5) is 16.6. The Morgan fingerprint density at radius 3 is 2.18 bits per heavy atom. The molecular formula is C23H28F2N2O. The minimum Gasteiger partial charge on any atom is -0.337 e. The lowest BCUT2D eigenvalue weighted by atomic mass is 9.87. The van der Waals surface area contributed by atoms with Crippen molar-refractivity contribution in [2.24, 2.45) is 0 Å². The molecule has 3 rings (SSSR count). The van der Waals surface area contributed by atoms with Crippen LogP contribution in [0.25, 0.3) is 0 Å². The third kappa shape index (κ3) is 5.16. The van der Waals surface area contributed by atoms with Gasteiger partial charge in [-0.25, -0.2) is 8.78 Å². The van der Waals surface area contributed by atoms with E-state index in [1.807, 2.05) is 0 Å². The highest BCUT2D eigenvalue weighted by atomic mass is 19.1. The average Bonchev–Trinajstić information content (AvgIpc) is 2.85. The van der Waals surface area contributed by atoms with Crippen LogP contribution in [0.5, 0.6) is 0 Å². The number of halogens is 2. The van der Waals surface area contributed by atoms with Gasteiger partial charge in [-0.05, 0) is 35.1 Å². The van der Waals surface area contributed by atoms with Crippen LogP contribution in [0, 0.1) is 11.6 Å². The Morgan fingerprint density at radius 2 is 1.57 bits per heavy atom. The summed E-state index contributed by atoms with van der Waals surface area (Å²) in [7, 11) is 0. The van der Waals surface area contributed by atoms with Crippen LogP contribution in [0.15, 0.2) is 42.5 Å². The molecule has 2 aromatic carbocycles. The first-order chi connectivity index (χ1) is 13.2. The number of nitrogens with zero attached hydrogens (tertiary/aromatic N) is 2. The van der Waals surface area contributed by atoms with Crippen molar-refractivity contribution in [1.82, 2.24) is 9.80 Å². The van der Waals surface area contributed by atoms with E-state index < -0.39 is 11.6 Å². The predicted molar refractivity (Wildman–Crippen MR) is 107 cm³/mol. The van der Waals surface area contributed by atoms with Crippen molar-refractivity contribution < 1.29 is 13.6 Å². The second kappa shape index (κ2) is 8.39. The molecule has 0 bridgehead atoms. The Bertz CT molecular complexity index is 807. The van der Waals surface area contributed by atoms with E-state index in [2.05, 4.69) is 49.9 Å². The molecule has 2 aromatic rings. The largest absolute Gasteiger partial charge is 0.337 e. The molecule has 1 aliphatic rings. The third-order valence-electron chi connectivity index (χ3n) is 5.21. The first-order valence-electron chi connectivity index (χ1n) is 9.79. The SMILES string of the molecule is CC(C)(C)c1ccc(CN2CCCN(C(=O)c3cc(F)cc(F)c3)CC2)cc1. The zero-order chi connectivity index (χ0) is 20.3. The maximum absolute atomic E-state index is 13.4. The highest BCUT2D eigenvalue weighted by Gasteiger charge is 2.21. The lowest BCUT2D eigenvalue weighted by molar-refractivity contribution is 0.0760. The number of carbonyl (C=O) groups is 1. The molecule has 5 heteroatoms. The van der Waals surface area contributed by atoms with Crippen LogP contribution in [-0.2, 0) is 12.0 Å². The molecular weight excluding hydrogens is 358 g/mol. The van der Waals surface area contributed by atoms with Crippen LogP contribution in [0.2, 0.25) is 0 Å². The van der Waals surface area contributed by atoms with Crippen LogP contribution in [-0.4, -0.2) is 41.9 Å². The smallest absolute Gasteiger partial charge is 0.254 e. The molecule has 0 spiro atoms. The van der Waals surface area contributed by atoms with Crippen LogP contribution in [0.3, 0.4) is 0 Å². The molecule has 28 heavy (non-hydrogen) atoms. The minimum atomic E-state index is -0.724. The van der Waals surface area contributed by atoms with Gasteiger partial charge in [0.25, 0.3) is 5.91 Å². The van der Waals surface area contributed by atoms with Gasteiger partial charge in [0.1, 0.15) is 11.6 Å². The normalized spacial score (nSPS) is 16.1.